The van der Waals surface area contributed by atoms with Crippen LogP contribution in [0.4, 0.5) is 0 Å². The number of likely N-dealkylation sites (tertiary alicyclic amines) is 1. The summed E-state index contributed by atoms with van der Waals surface area (Å²) >= 11 is 0. The third-order valence-electron chi connectivity index (χ3n) is 3.86. The third-order valence-corrected chi connectivity index (χ3v) is 3.86. The number of carbonyl (C=O) groups excluding carboxylic acids is 2. The van der Waals surface area contributed by atoms with Crippen LogP contribution in [0, 0.1) is 11.8 Å². The van der Waals surface area contributed by atoms with Crippen molar-refractivity contribution in [1.82, 2.24) is 4.90 Å². The van der Waals surface area contributed by atoms with Crippen molar-refractivity contribution in [3.63, 3.8) is 0 Å². The Labute approximate surface area is 113 Å². The summed E-state index contributed by atoms with van der Waals surface area (Å²) in [4.78, 5) is 25.3. The Balaban J connectivity index is 2.09. The van der Waals surface area contributed by atoms with E-state index in [1.54, 1.807) is 0 Å². The minimum Gasteiger partial charge on any atom is -0.330 e. The summed E-state index contributed by atoms with van der Waals surface area (Å²) in [7, 11) is 0. The number of benzene rings is 1. The van der Waals surface area contributed by atoms with Gasteiger partial charge in [0.2, 0.25) is 11.8 Å². The van der Waals surface area contributed by atoms with E-state index in [1.807, 2.05) is 38.1 Å². The molecule has 0 bridgehead atoms. The second kappa shape index (κ2) is 5.53. The van der Waals surface area contributed by atoms with Crippen LogP contribution in [-0.2, 0) is 22.6 Å². The fraction of sp³-hybridized carbons (Fsp3) is 0.467. The largest absolute Gasteiger partial charge is 0.330 e. The first-order valence-electron chi connectivity index (χ1n) is 6.67. The van der Waals surface area contributed by atoms with Crippen LogP contribution < -0.4 is 5.73 Å². The zero-order valence-electron chi connectivity index (χ0n) is 11.4. The van der Waals surface area contributed by atoms with Gasteiger partial charge in [0.15, 0.2) is 0 Å². The van der Waals surface area contributed by atoms with E-state index in [9.17, 15) is 9.59 Å². The van der Waals surface area contributed by atoms with Gasteiger partial charge in [0.1, 0.15) is 0 Å². The van der Waals surface area contributed by atoms with Gasteiger partial charge in [0, 0.05) is 11.8 Å². The Morgan fingerprint density at radius 3 is 1.95 bits per heavy atom. The van der Waals surface area contributed by atoms with E-state index in [0.717, 1.165) is 12.0 Å². The Hall–Kier alpha value is -1.68. The Kier molecular flexibility index (Phi) is 4.00. The average Bonchev–Trinajstić information content (AvgIpc) is 2.59. The first kappa shape index (κ1) is 13.7. The maximum atomic E-state index is 12.0. The second-order valence-corrected chi connectivity index (χ2v) is 5.20. The van der Waals surface area contributed by atoms with Gasteiger partial charge in [-0.15, -0.1) is 0 Å². The molecule has 1 saturated heterocycles. The first-order chi connectivity index (χ1) is 9.04. The monoisotopic (exact) mass is 260 g/mol. The molecule has 4 nitrogen and oxygen atoms in total. The third kappa shape index (κ3) is 2.68. The smallest absolute Gasteiger partial charge is 0.233 e. The van der Waals surface area contributed by atoms with Crippen LogP contribution in [-0.4, -0.2) is 23.3 Å². The van der Waals surface area contributed by atoms with Gasteiger partial charge in [0.05, 0.1) is 6.54 Å². The lowest BCUT2D eigenvalue weighted by atomic mass is 10.00. The fourth-order valence-corrected chi connectivity index (χ4v) is 2.34. The summed E-state index contributed by atoms with van der Waals surface area (Å²) < 4.78 is 0. The molecule has 1 aromatic carbocycles. The SMILES string of the molecule is CC1C(=O)N(Cc2ccc(CCN)cc2)C(=O)C1C. The highest BCUT2D eigenvalue weighted by Crippen LogP contribution is 2.26. The number of carbonyl (C=O) groups is 2. The molecule has 1 heterocycles. The summed E-state index contributed by atoms with van der Waals surface area (Å²) in [6.45, 7) is 4.62. The van der Waals surface area contributed by atoms with Crippen LogP contribution >= 0.6 is 0 Å². The molecule has 0 aliphatic carbocycles. The van der Waals surface area contributed by atoms with E-state index in [1.165, 1.54) is 10.5 Å². The molecule has 4 heteroatoms. The maximum Gasteiger partial charge on any atom is 0.233 e. The van der Waals surface area contributed by atoms with Crippen molar-refractivity contribution in [2.45, 2.75) is 26.8 Å². The van der Waals surface area contributed by atoms with E-state index < -0.39 is 0 Å². The summed E-state index contributed by atoms with van der Waals surface area (Å²) in [6, 6.07) is 7.92. The first-order valence-corrected chi connectivity index (χ1v) is 6.67. The minimum atomic E-state index is -0.205. The maximum absolute atomic E-state index is 12.0. The summed E-state index contributed by atoms with van der Waals surface area (Å²) in [6.07, 6.45) is 0.843. The average molecular weight is 260 g/mol. The number of rotatable bonds is 4. The van der Waals surface area contributed by atoms with Crippen molar-refractivity contribution < 1.29 is 9.59 Å². The molecule has 0 radical (unpaired) electrons. The Morgan fingerprint density at radius 1 is 1.00 bits per heavy atom. The van der Waals surface area contributed by atoms with Gasteiger partial charge >= 0.3 is 0 Å². The molecule has 2 N–H and O–H groups in total. The van der Waals surface area contributed by atoms with Gasteiger partial charge in [-0.05, 0) is 24.1 Å². The summed E-state index contributed by atoms with van der Waals surface area (Å²) in [5, 5.41) is 0. The second-order valence-electron chi connectivity index (χ2n) is 5.20. The molecular formula is C15H20N2O2. The number of nitrogens with two attached hydrogens (primary N) is 1. The summed E-state index contributed by atoms with van der Waals surface area (Å²) in [5.41, 5.74) is 7.65. The van der Waals surface area contributed by atoms with Gasteiger partial charge in [0.25, 0.3) is 0 Å². The van der Waals surface area contributed by atoms with Crippen molar-refractivity contribution in [2.24, 2.45) is 17.6 Å². The number of nitrogens with zero attached hydrogens (tertiary/aromatic N) is 1. The van der Waals surface area contributed by atoms with E-state index in [2.05, 4.69) is 0 Å². The molecule has 1 aliphatic rings. The van der Waals surface area contributed by atoms with Crippen LogP contribution in [0.25, 0.3) is 0 Å². The van der Waals surface area contributed by atoms with Crippen LogP contribution in [0.2, 0.25) is 0 Å². The van der Waals surface area contributed by atoms with E-state index >= 15 is 0 Å². The number of imide groups is 1. The molecule has 2 amide bonds. The number of amides is 2. The molecule has 0 saturated carbocycles. The van der Waals surface area contributed by atoms with Crippen LogP contribution in [0.3, 0.4) is 0 Å². The predicted molar refractivity (Wildman–Crippen MR) is 73.1 cm³/mol. The molecule has 0 spiro atoms. The minimum absolute atomic E-state index is 0.0662. The molecule has 1 aromatic rings. The Bertz CT molecular complexity index is 461. The molecule has 2 atom stereocenters. The van der Waals surface area contributed by atoms with Crippen molar-refractivity contribution >= 4 is 11.8 Å². The lowest BCUT2D eigenvalue weighted by Gasteiger charge is -2.14. The van der Waals surface area contributed by atoms with Gasteiger partial charge < -0.3 is 5.73 Å². The van der Waals surface area contributed by atoms with Crippen LogP contribution in [0.15, 0.2) is 24.3 Å². The topological polar surface area (TPSA) is 63.4 Å². The van der Waals surface area contributed by atoms with Crippen LogP contribution in [0.5, 0.6) is 0 Å². The Morgan fingerprint density at radius 2 is 1.47 bits per heavy atom. The zero-order valence-corrected chi connectivity index (χ0v) is 11.4. The van der Waals surface area contributed by atoms with Crippen molar-refractivity contribution in [3.8, 4) is 0 Å². The zero-order chi connectivity index (χ0) is 14.0. The molecule has 1 fully saturated rings. The van der Waals surface area contributed by atoms with Gasteiger partial charge in [-0.25, -0.2) is 0 Å². The van der Waals surface area contributed by atoms with Crippen molar-refractivity contribution in [2.75, 3.05) is 6.54 Å². The van der Waals surface area contributed by atoms with Crippen molar-refractivity contribution in [1.29, 1.82) is 0 Å². The molecule has 2 rings (SSSR count). The molecule has 0 aromatic heterocycles. The molecule has 19 heavy (non-hydrogen) atoms. The highest BCUT2D eigenvalue weighted by molar-refractivity contribution is 6.04. The summed E-state index contributed by atoms with van der Waals surface area (Å²) in [5.74, 6) is -0.542. The van der Waals surface area contributed by atoms with Crippen LogP contribution in [0.1, 0.15) is 25.0 Å². The molecule has 102 valence electrons. The predicted octanol–water partition coefficient (Wildman–Crippen LogP) is 1.33. The van der Waals surface area contributed by atoms with Gasteiger partial charge in [-0.3, -0.25) is 14.5 Å². The highest BCUT2D eigenvalue weighted by atomic mass is 16.2. The van der Waals surface area contributed by atoms with E-state index in [4.69, 9.17) is 5.73 Å². The number of hydrogen-bond acceptors (Lipinski definition) is 3. The fourth-order valence-electron chi connectivity index (χ4n) is 2.34. The van der Waals surface area contributed by atoms with E-state index in [0.29, 0.717) is 13.1 Å². The quantitative estimate of drug-likeness (QED) is 0.831. The van der Waals surface area contributed by atoms with Gasteiger partial charge in [-0.2, -0.15) is 0 Å². The normalized spacial score (nSPS) is 23.2. The standard InChI is InChI=1S/C15H20N2O2/c1-10-11(2)15(19)17(14(10)18)9-13-5-3-12(4-6-13)7-8-16/h3-6,10-11H,7-9,16H2,1-2H3. The number of hydrogen-bond donors (Lipinski definition) is 1. The lowest BCUT2D eigenvalue weighted by Crippen LogP contribution is -2.30. The van der Waals surface area contributed by atoms with Gasteiger partial charge in [-0.1, -0.05) is 38.1 Å². The highest BCUT2D eigenvalue weighted by Gasteiger charge is 2.41. The lowest BCUT2D eigenvalue weighted by molar-refractivity contribution is -0.140. The van der Waals surface area contributed by atoms with E-state index in [-0.39, 0.29) is 23.7 Å². The van der Waals surface area contributed by atoms with Crippen molar-refractivity contribution in [3.05, 3.63) is 35.4 Å². The molecular weight excluding hydrogens is 240 g/mol. The molecule has 2 unspecified atom stereocenters. The molecule has 1 aliphatic heterocycles.